The number of hydrogen-bond acceptors (Lipinski definition) is 2. The summed E-state index contributed by atoms with van der Waals surface area (Å²) >= 11 is 0. The van der Waals surface area contributed by atoms with Crippen LogP contribution in [0.3, 0.4) is 0 Å². The molecule has 2 bridgehead atoms. The van der Waals surface area contributed by atoms with Gasteiger partial charge in [0.15, 0.2) is 11.6 Å². The number of amides is 1. The van der Waals surface area contributed by atoms with Gasteiger partial charge in [-0.3, -0.25) is 4.79 Å². The lowest BCUT2D eigenvalue weighted by Crippen LogP contribution is -2.46. The van der Waals surface area contributed by atoms with Crippen LogP contribution in [0, 0.1) is 11.6 Å². The summed E-state index contributed by atoms with van der Waals surface area (Å²) in [5.41, 5.74) is 1.38. The van der Waals surface area contributed by atoms with Gasteiger partial charge in [-0.25, -0.2) is 8.78 Å². The Labute approximate surface area is 144 Å². The van der Waals surface area contributed by atoms with Crippen LogP contribution in [0.5, 0.6) is 5.75 Å². The van der Waals surface area contributed by atoms with Gasteiger partial charge in [-0.15, -0.1) is 0 Å². The Morgan fingerprint density at radius 1 is 1.00 bits per heavy atom. The van der Waals surface area contributed by atoms with E-state index in [1.54, 1.807) is 0 Å². The van der Waals surface area contributed by atoms with E-state index < -0.39 is 11.6 Å². The maximum atomic E-state index is 13.6. The minimum Gasteiger partial charge on any atom is -0.505 e. The van der Waals surface area contributed by atoms with E-state index in [9.17, 15) is 18.7 Å². The third-order valence-corrected chi connectivity index (χ3v) is 5.50. The second kappa shape index (κ2) is 6.14. The van der Waals surface area contributed by atoms with Crippen molar-refractivity contribution in [1.82, 2.24) is 4.90 Å². The van der Waals surface area contributed by atoms with Gasteiger partial charge in [0.25, 0.3) is 5.91 Å². The molecule has 3 atom stereocenters. The molecule has 1 unspecified atom stereocenters. The third kappa shape index (κ3) is 2.88. The number of hydrogen-bond donors (Lipinski definition) is 1. The first-order valence-electron chi connectivity index (χ1n) is 8.59. The highest BCUT2D eigenvalue weighted by Gasteiger charge is 2.43. The largest absolute Gasteiger partial charge is 0.505 e. The van der Waals surface area contributed by atoms with Gasteiger partial charge in [0.05, 0.1) is 0 Å². The average molecular weight is 343 g/mol. The molecule has 4 rings (SSSR count). The summed E-state index contributed by atoms with van der Waals surface area (Å²) in [4.78, 5) is 14.7. The van der Waals surface area contributed by atoms with E-state index in [0.29, 0.717) is 5.92 Å². The van der Waals surface area contributed by atoms with Crippen molar-refractivity contribution in [1.29, 1.82) is 0 Å². The van der Waals surface area contributed by atoms with Gasteiger partial charge in [0.2, 0.25) is 0 Å². The standard InChI is InChI=1S/C20H19F2NO2/c21-15-4-1-12(2-5-15)14-9-16-6-7-17(10-14)23(16)20(25)13-3-8-19(24)18(22)11-13/h1-5,8,11,14,16-17,24H,6-7,9-10H2/t14?,16-,17+. The molecule has 2 saturated heterocycles. The normalized spacial score (nSPS) is 25.2. The number of phenols is 1. The number of halogens is 2. The van der Waals surface area contributed by atoms with Crippen LogP contribution in [0.25, 0.3) is 0 Å². The van der Waals surface area contributed by atoms with E-state index in [1.807, 2.05) is 17.0 Å². The number of piperidine rings is 1. The number of nitrogens with zero attached hydrogens (tertiary/aromatic N) is 1. The average Bonchev–Trinajstić information content (AvgIpc) is 2.87. The molecule has 2 aromatic rings. The first-order valence-corrected chi connectivity index (χ1v) is 8.59. The van der Waals surface area contributed by atoms with Crippen LogP contribution < -0.4 is 0 Å². The Hall–Kier alpha value is -2.43. The fourth-order valence-electron chi connectivity index (χ4n) is 4.30. The van der Waals surface area contributed by atoms with Crippen LogP contribution in [0.15, 0.2) is 42.5 Å². The Morgan fingerprint density at radius 3 is 2.24 bits per heavy atom. The monoisotopic (exact) mass is 343 g/mol. The van der Waals surface area contributed by atoms with Gasteiger partial charge in [-0.05, 0) is 67.5 Å². The number of fused-ring (bicyclic) bond motifs is 2. The van der Waals surface area contributed by atoms with E-state index in [4.69, 9.17) is 0 Å². The van der Waals surface area contributed by atoms with Crippen molar-refractivity contribution in [2.24, 2.45) is 0 Å². The quantitative estimate of drug-likeness (QED) is 0.887. The van der Waals surface area contributed by atoms with Gasteiger partial charge >= 0.3 is 0 Å². The maximum Gasteiger partial charge on any atom is 0.254 e. The number of rotatable bonds is 2. The van der Waals surface area contributed by atoms with Gasteiger partial charge in [0, 0.05) is 17.6 Å². The van der Waals surface area contributed by atoms with E-state index in [0.717, 1.165) is 37.3 Å². The van der Waals surface area contributed by atoms with Crippen LogP contribution in [-0.4, -0.2) is 28.0 Å². The second-order valence-electron chi connectivity index (χ2n) is 6.98. The van der Waals surface area contributed by atoms with Crippen molar-refractivity contribution in [3.8, 4) is 5.75 Å². The zero-order valence-corrected chi connectivity index (χ0v) is 13.7. The molecule has 1 amide bonds. The Bertz CT molecular complexity index is 792. The van der Waals surface area contributed by atoms with Crippen molar-refractivity contribution in [2.75, 3.05) is 0 Å². The van der Waals surface area contributed by atoms with Crippen molar-refractivity contribution < 1.29 is 18.7 Å². The van der Waals surface area contributed by atoms with Crippen molar-refractivity contribution in [3.05, 3.63) is 65.2 Å². The highest BCUT2D eigenvalue weighted by molar-refractivity contribution is 5.95. The zero-order chi connectivity index (χ0) is 17.6. The Balaban J connectivity index is 1.55. The highest BCUT2D eigenvalue weighted by Crippen LogP contribution is 2.43. The molecule has 2 aliphatic rings. The second-order valence-corrected chi connectivity index (χ2v) is 6.98. The highest BCUT2D eigenvalue weighted by atomic mass is 19.1. The SMILES string of the molecule is O=C(c1ccc(O)c(F)c1)N1[C@@H]2CC[C@H]1CC(c1ccc(F)cc1)C2. The number of benzene rings is 2. The molecule has 5 heteroatoms. The summed E-state index contributed by atoms with van der Waals surface area (Å²) in [5.74, 6) is -1.33. The van der Waals surface area contributed by atoms with Gasteiger partial charge in [-0.2, -0.15) is 0 Å². The molecule has 0 aliphatic carbocycles. The van der Waals surface area contributed by atoms with E-state index in [-0.39, 0.29) is 29.4 Å². The predicted molar refractivity (Wildman–Crippen MR) is 89.4 cm³/mol. The van der Waals surface area contributed by atoms with Gasteiger partial charge in [-0.1, -0.05) is 12.1 Å². The van der Waals surface area contributed by atoms with E-state index in [2.05, 4.69) is 0 Å². The summed E-state index contributed by atoms with van der Waals surface area (Å²) in [6.45, 7) is 0. The van der Waals surface area contributed by atoms with Crippen molar-refractivity contribution in [3.63, 3.8) is 0 Å². The minimum absolute atomic E-state index is 0.123. The lowest BCUT2D eigenvalue weighted by atomic mass is 9.85. The molecule has 2 aromatic carbocycles. The molecule has 2 aliphatic heterocycles. The van der Waals surface area contributed by atoms with Crippen LogP contribution in [0.2, 0.25) is 0 Å². The first-order chi connectivity index (χ1) is 12.0. The molecule has 0 spiro atoms. The van der Waals surface area contributed by atoms with Crippen molar-refractivity contribution in [2.45, 2.75) is 43.7 Å². The number of carbonyl (C=O) groups is 1. The Morgan fingerprint density at radius 2 is 1.64 bits per heavy atom. The van der Waals surface area contributed by atoms with Crippen LogP contribution in [0.1, 0.15) is 47.5 Å². The zero-order valence-electron chi connectivity index (χ0n) is 13.7. The summed E-state index contributed by atoms with van der Waals surface area (Å²) in [7, 11) is 0. The molecule has 25 heavy (non-hydrogen) atoms. The topological polar surface area (TPSA) is 40.5 Å². The summed E-state index contributed by atoms with van der Waals surface area (Å²) in [5, 5.41) is 9.31. The third-order valence-electron chi connectivity index (χ3n) is 5.50. The Kier molecular flexibility index (Phi) is 3.94. The summed E-state index contributed by atoms with van der Waals surface area (Å²) in [6.07, 6.45) is 3.56. The molecule has 3 nitrogen and oxygen atoms in total. The molecular weight excluding hydrogens is 324 g/mol. The van der Waals surface area contributed by atoms with E-state index in [1.165, 1.54) is 24.3 Å². The smallest absolute Gasteiger partial charge is 0.254 e. The van der Waals surface area contributed by atoms with Gasteiger partial charge < -0.3 is 10.0 Å². The minimum atomic E-state index is -0.778. The molecular formula is C20H19F2NO2. The number of aromatic hydroxyl groups is 1. The lowest BCUT2D eigenvalue weighted by Gasteiger charge is -2.39. The van der Waals surface area contributed by atoms with E-state index >= 15 is 0 Å². The van der Waals surface area contributed by atoms with Crippen LogP contribution in [0.4, 0.5) is 8.78 Å². The number of carbonyl (C=O) groups excluding carboxylic acids is 1. The fraction of sp³-hybridized carbons (Fsp3) is 0.350. The fourth-order valence-corrected chi connectivity index (χ4v) is 4.30. The first kappa shape index (κ1) is 16.1. The molecule has 2 heterocycles. The maximum absolute atomic E-state index is 13.6. The molecule has 0 aromatic heterocycles. The summed E-state index contributed by atoms with van der Waals surface area (Å²) in [6, 6.07) is 10.6. The molecule has 0 saturated carbocycles. The summed E-state index contributed by atoms with van der Waals surface area (Å²) < 4.78 is 26.7. The molecule has 130 valence electrons. The molecule has 0 radical (unpaired) electrons. The lowest BCUT2D eigenvalue weighted by molar-refractivity contribution is 0.0571. The number of phenolic OH excluding ortho intramolecular Hbond substituents is 1. The van der Waals surface area contributed by atoms with Gasteiger partial charge in [0.1, 0.15) is 5.82 Å². The molecule has 1 N–H and O–H groups in total. The van der Waals surface area contributed by atoms with Crippen molar-refractivity contribution >= 4 is 5.91 Å². The molecule has 2 fully saturated rings. The van der Waals surface area contributed by atoms with Crippen LogP contribution >= 0.6 is 0 Å². The predicted octanol–water partition coefficient (Wildman–Crippen LogP) is 4.22. The van der Waals surface area contributed by atoms with Crippen LogP contribution in [-0.2, 0) is 0 Å².